The Kier molecular flexibility index (Phi) is 5.65. The van der Waals surface area contributed by atoms with Crippen molar-refractivity contribution in [3.05, 3.63) is 70.0 Å². The second kappa shape index (κ2) is 8.52. The minimum Gasteiger partial charge on any atom is -0.495 e. The van der Waals surface area contributed by atoms with Crippen LogP contribution in [0.1, 0.15) is 29.3 Å². The molecule has 3 aromatic heterocycles. The van der Waals surface area contributed by atoms with Crippen molar-refractivity contribution in [1.29, 1.82) is 0 Å². The van der Waals surface area contributed by atoms with Crippen molar-refractivity contribution in [3.8, 4) is 11.6 Å². The van der Waals surface area contributed by atoms with Gasteiger partial charge in [-0.05, 0) is 43.2 Å². The van der Waals surface area contributed by atoms with Crippen molar-refractivity contribution in [1.82, 2.24) is 19.7 Å². The van der Waals surface area contributed by atoms with Gasteiger partial charge >= 0.3 is 0 Å². The van der Waals surface area contributed by atoms with Crippen LogP contribution >= 0.6 is 0 Å². The number of anilines is 1. The third-order valence-corrected chi connectivity index (χ3v) is 5.22. The first-order valence-corrected chi connectivity index (χ1v) is 9.90. The van der Waals surface area contributed by atoms with Crippen LogP contribution in [0.15, 0.2) is 47.5 Å². The largest absolute Gasteiger partial charge is 0.495 e. The third-order valence-electron chi connectivity index (χ3n) is 5.22. The Morgan fingerprint density at radius 3 is 2.83 bits per heavy atom. The molecule has 2 unspecified atom stereocenters. The summed E-state index contributed by atoms with van der Waals surface area (Å²) in [5.41, 5.74) is 3.27. The maximum Gasteiger partial charge on any atom is 0.290 e. The Labute approximate surface area is 174 Å². The van der Waals surface area contributed by atoms with Gasteiger partial charge in [0.15, 0.2) is 0 Å². The number of nitrogens with zero attached hydrogens (tertiary/aromatic N) is 4. The Balaban J connectivity index is 1.37. The zero-order chi connectivity index (χ0) is 21.1. The Bertz CT molecular complexity index is 1080. The molecule has 30 heavy (non-hydrogen) atoms. The number of aromatic nitrogens is 4. The van der Waals surface area contributed by atoms with E-state index in [0.29, 0.717) is 36.6 Å². The van der Waals surface area contributed by atoms with Crippen LogP contribution in [-0.2, 0) is 13.6 Å². The molecule has 1 fully saturated rings. The van der Waals surface area contributed by atoms with Crippen LogP contribution in [0.4, 0.5) is 5.69 Å². The maximum absolute atomic E-state index is 12.4. The molecule has 4 rings (SSSR count). The zero-order valence-corrected chi connectivity index (χ0v) is 17.3. The maximum atomic E-state index is 12.4. The van der Waals surface area contributed by atoms with Crippen molar-refractivity contribution >= 4 is 5.69 Å². The predicted octanol–water partition coefficient (Wildman–Crippen LogP) is 2.68. The van der Waals surface area contributed by atoms with E-state index >= 15 is 0 Å². The molecule has 8 nitrogen and oxygen atoms in total. The minimum atomic E-state index is -0.207. The summed E-state index contributed by atoms with van der Waals surface area (Å²) in [7, 11) is 3.25. The molecule has 1 saturated carbocycles. The standard InChI is InChI=1S/C22H25N5O3/c1-14-6-7-23-16(8-14)11-24-20-10-21(26-27(2)22(20)28)30-13-15-9-18(15)19-5-4-17(29-3)12-25-19/h4-8,10,12,15,18,24H,9,11,13H2,1-3H3. The first-order valence-electron chi connectivity index (χ1n) is 9.90. The zero-order valence-electron chi connectivity index (χ0n) is 17.3. The van der Waals surface area contributed by atoms with Gasteiger partial charge < -0.3 is 14.8 Å². The average Bonchev–Trinajstić information content (AvgIpc) is 3.53. The van der Waals surface area contributed by atoms with Crippen LogP contribution in [0.3, 0.4) is 0 Å². The van der Waals surface area contributed by atoms with Gasteiger partial charge in [-0.25, -0.2) is 4.68 Å². The lowest BCUT2D eigenvalue weighted by atomic mass is 10.2. The SMILES string of the molecule is COc1ccc(C2CC2COc2cc(NCc3cc(C)ccn3)c(=O)n(C)n2)nc1. The summed E-state index contributed by atoms with van der Waals surface area (Å²) >= 11 is 0. The molecule has 3 aromatic rings. The van der Waals surface area contributed by atoms with Crippen molar-refractivity contribution in [2.75, 3.05) is 19.0 Å². The molecule has 0 spiro atoms. The van der Waals surface area contributed by atoms with Crippen LogP contribution in [0.2, 0.25) is 0 Å². The number of rotatable bonds is 8. The van der Waals surface area contributed by atoms with Crippen LogP contribution in [0.25, 0.3) is 0 Å². The van der Waals surface area contributed by atoms with E-state index in [2.05, 4.69) is 20.4 Å². The van der Waals surface area contributed by atoms with Gasteiger partial charge in [-0.15, -0.1) is 5.10 Å². The highest BCUT2D eigenvalue weighted by atomic mass is 16.5. The van der Waals surface area contributed by atoms with Gasteiger partial charge in [-0.3, -0.25) is 14.8 Å². The van der Waals surface area contributed by atoms with Crippen LogP contribution in [0, 0.1) is 12.8 Å². The second-order valence-electron chi connectivity index (χ2n) is 7.54. The highest BCUT2D eigenvalue weighted by Gasteiger charge is 2.40. The second-order valence-corrected chi connectivity index (χ2v) is 7.54. The third kappa shape index (κ3) is 4.59. The number of aryl methyl sites for hydroxylation is 2. The number of pyridine rings is 2. The highest BCUT2D eigenvalue weighted by molar-refractivity contribution is 5.43. The first-order chi connectivity index (χ1) is 14.5. The molecule has 1 aliphatic carbocycles. The molecule has 156 valence electrons. The van der Waals surface area contributed by atoms with Crippen molar-refractivity contribution < 1.29 is 9.47 Å². The molecule has 1 N–H and O–H groups in total. The molecular formula is C22H25N5O3. The average molecular weight is 407 g/mol. The van der Waals surface area contributed by atoms with Crippen LogP contribution in [-0.4, -0.2) is 33.5 Å². The number of nitrogens with one attached hydrogen (secondary N) is 1. The fourth-order valence-corrected chi connectivity index (χ4v) is 3.38. The molecule has 1 aliphatic rings. The van der Waals surface area contributed by atoms with E-state index in [9.17, 15) is 4.79 Å². The van der Waals surface area contributed by atoms with Gasteiger partial charge in [-0.2, -0.15) is 0 Å². The topological polar surface area (TPSA) is 91.2 Å². The summed E-state index contributed by atoms with van der Waals surface area (Å²) in [6.45, 7) is 2.99. The first kappa shape index (κ1) is 19.9. The minimum absolute atomic E-state index is 0.207. The number of methoxy groups -OCH3 is 1. The molecule has 0 aliphatic heterocycles. The molecule has 3 heterocycles. The van der Waals surface area contributed by atoms with E-state index in [1.807, 2.05) is 31.2 Å². The highest BCUT2D eigenvalue weighted by Crippen LogP contribution is 2.46. The van der Waals surface area contributed by atoms with Crippen molar-refractivity contribution in [2.24, 2.45) is 13.0 Å². The van der Waals surface area contributed by atoms with Gasteiger partial charge in [0.1, 0.15) is 11.4 Å². The van der Waals surface area contributed by atoms with E-state index in [1.165, 1.54) is 4.68 Å². The van der Waals surface area contributed by atoms with E-state index in [4.69, 9.17) is 9.47 Å². The lowest BCUT2D eigenvalue weighted by Gasteiger charge is -2.11. The Morgan fingerprint density at radius 1 is 1.23 bits per heavy atom. The molecule has 0 saturated heterocycles. The molecule has 0 aromatic carbocycles. The van der Waals surface area contributed by atoms with Crippen LogP contribution < -0.4 is 20.3 Å². The quantitative estimate of drug-likeness (QED) is 0.614. The fraction of sp³-hybridized carbons (Fsp3) is 0.364. The predicted molar refractivity (Wildman–Crippen MR) is 113 cm³/mol. The number of ether oxygens (including phenoxy) is 2. The summed E-state index contributed by atoms with van der Waals surface area (Å²) < 4.78 is 12.3. The van der Waals surface area contributed by atoms with E-state index < -0.39 is 0 Å². The molecule has 0 radical (unpaired) electrons. The Hall–Kier alpha value is -3.42. The summed E-state index contributed by atoms with van der Waals surface area (Å²) in [5, 5.41) is 7.37. The van der Waals surface area contributed by atoms with Gasteiger partial charge in [0.05, 0.1) is 32.2 Å². The van der Waals surface area contributed by atoms with E-state index in [-0.39, 0.29) is 5.56 Å². The molecular weight excluding hydrogens is 382 g/mol. The van der Waals surface area contributed by atoms with Crippen molar-refractivity contribution in [2.45, 2.75) is 25.8 Å². The summed E-state index contributed by atoms with van der Waals surface area (Å²) in [5.74, 6) is 1.94. The number of hydrogen-bond donors (Lipinski definition) is 1. The van der Waals surface area contributed by atoms with Gasteiger partial charge in [-0.1, -0.05) is 0 Å². The molecule has 2 atom stereocenters. The fourth-order valence-electron chi connectivity index (χ4n) is 3.38. The lowest BCUT2D eigenvalue weighted by Crippen LogP contribution is -2.24. The van der Waals surface area contributed by atoms with Gasteiger partial charge in [0, 0.05) is 36.8 Å². The summed E-state index contributed by atoms with van der Waals surface area (Å²) in [4.78, 5) is 21.2. The molecule has 0 bridgehead atoms. The smallest absolute Gasteiger partial charge is 0.290 e. The normalized spacial score (nSPS) is 17.4. The van der Waals surface area contributed by atoms with Gasteiger partial charge in [0.2, 0.25) is 5.88 Å². The van der Waals surface area contributed by atoms with Crippen LogP contribution in [0.5, 0.6) is 11.6 Å². The summed E-state index contributed by atoms with van der Waals surface area (Å²) in [6.07, 6.45) is 4.52. The van der Waals surface area contributed by atoms with E-state index in [1.54, 1.807) is 32.6 Å². The monoisotopic (exact) mass is 407 g/mol. The van der Waals surface area contributed by atoms with Crippen molar-refractivity contribution in [3.63, 3.8) is 0 Å². The Morgan fingerprint density at radius 2 is 2.10 bits per heavy atom. The van der Waals surface area contributed by atoms with Gasteiger partial charge in [0.25, 0.3) is 5.56 Å². The van der Waals surface area contributed by atoms with E-state index in [0.717, 1.165) is 29.1 Å². The number of hydrogen-bond acceptors (Lipinski definition) is 7. The summed E-state index contributed by atoms with van der Waals surface area (Å²) in [6, 6.07) is 9.49. The lowest BCUT2D eigenvalue weighted by molar-refractivity contribution is 0.278. The molecule has 8 heteroatoms. The molecule has 0 amide bonds.